The van der Waals surface area contributed by atoms with Crippen molar-refractivity contribution in [3.8, 4) is 0 Å². The van der Waals surface area contributed by atoms with Gasteiger partial charge >= 0.3 is 0 Å². The van der Waals surface area contributed by atoms with Crippen LogP contribution >= 0.6 is 34.8 Å². The number of halogens is 3. The van der Waals surface area contributed by atoms with Crippen molar-refractivity contribution in [3.05, 3.63) is 27.2 Å². The average Bonchev–Trinajstić information content (AvgIpc) is 2.64. The van der Waals surface area contributed by atoms with Crippen LogP contribution in [0.3, 0.4) is 0 Å². The molecule has 1 aromatic rings. The van der Waals surface area contributed by atoms with Gasteiger partial charge in [0.15, 0.2) is 0 Å². The normalized spacial score (nSPS) is 21.5. The molecule has 2 fully saturated rings. The van der Waals surface area contributed by atoms with Crippen molar-refractivity contribution in [1.29, 1.82) is 0 Å². The minimum Gasteiger partial charge on any atom is -0.274 e. The number of nitrogens with zero attached hydrogens (tertiary/aromatic N) is 1. The molecule has 1 aliphatic heterocycles. The first-order valence-electron chi connectivity index (χ1n) is 7.46. The molecule has 1 spiro atoms. The molecule has 0 radical (unpaired) electrons. The van der Waals surface area contributed by atoms with Gasteiger partial charge in [-0.2, -0.15) is 0 Å². The largest absolute Gasteiger partial charge is 0.274 e. The van der Waals surface area contributed by atoms with E-state index in [2.05, 4.69) is 0 Å². The van der Waals surface area contributed by atoms with Crippen LogP contribution in [0.15, 0.2) is 12.1 Å². The van der Waals surface area contributed by atoms with Gasteiger partial charge in [-0.3, -0.25) is 9.59 Å². The molecule has 0 bridgehead atoms. The van der Waals surface area contributed by atoms with Gasteiger partial charge in [-0.15, -0.1) is 0 Å². The molecule has 118 valence electrons. The highest BCUT2D eigenvalue weighted by atomic mass is 35.5. The lowest BCUT2D eigenvalue weighted by Crippen LogP contribution is -2.35. The zero-order chi connectivity index (χ0) is 15.9. The molecule has 1 aromatic carbocycles. The lowest BCUT2D eigenvalue weighted by atomic mass is 9.79. The molecule has 2 amide bonds. The highest BCUT2D eigenvalue weighted by Crippen LogP contribution is 2.47. The molecular formula is C16H16Cl3NO2. The van der Waals surface area contributed by atoms with Gasteiger partial charge in [0.05, 0.1) is 26.2 Å². The first kappa shape index (κ1) is 16.1. The molecule has 2 aliphatic rings. The van der Waals surface area contributed by atoms with E-state index in [9.17, 15) is 9.59 Å². The highest BCUT2D eigenvalue weighted by molar-refractivity contribution is 6.44. The van der Waals surface area contributed by atoms with Gasteiger partial charge in [0, 0.05) is 6.42 Å². The fourth-order valence-electron chi connectivity index (χ4n) is 3.52. The number of carbonyl (C=O) groups excluding carboxylic acids is 2. The maximum absolute atomic E-state index is 13.0. The second-order valence-corrected chi connectivity index (χ2v) is 7.34. The summed E-state index contributed by atoms with van der Waals surface area (Å²) in [5, 5.41) is 0.851. The topological polar surface area (TPSA) is 37.4 Å². The number of anilines is 1. The van der Waals surface area contributed by atoms with Crippen molar-refractivity contribution in [2.45, 2.75) is 44.9 Å². The molecule has 3 rings (SSSR count). The number of hydrogen-bond donors (Lipinski definition) is 0. The van der Waals surface area contributed by atoms with Crippen molar-refractivity contribution in [2.24, 2.45) is 5.41 Å². The summed E-state index contributed by atoms with van der Waals surface area (Å²) in [7, 11) is 0. The van der Waals surface area contributed by atoms with Crippen LogP contribution in [-0.4, -0.2) is 11.8 Å². The van der Waals surface area contributed by atoms with Crippen LogP contribution < -0.4 is 4.90 Å². The number of amides is 2. The molecule has 6 heteroatoms. The molecular weight excluding hydrogens is 345 g/mol. The zero-order valence-corrected chi connectivity index (χ0v) is 14.3. The lowest BCUT2D eigenvalue weighted by molar-refractivity contribution is -0.126. The van der Waals surface area contributed by atoms with Crippen LogP contribution in [0.25, 0.3) is 0 Å². The summed E-state index contributed by atoms with van der Waals surface area (Å²) in [5.74, 6) is -0.341. The number of carbonyl (C=O) groups is 2. The molecule has 1 saturated carbocycles. The average molecular weight is 361 g/mol. The minimum absolute atomic E-state index is 0.139. The number of benzene rings is 1. The van der Waals surface area contributed by atoms with Crippen LogP contribution in [0.2, 0.25) is 15.1 Å². The Hall–Kier alpha value is -0.770. The SMILES string of the molecule is O=C1CC2(CCCCCC2)C(=O)N1c1cc(Cl)c(Cl)cc1Cl. The Morgan fingerprint density at radius 1 is 0.864 bits per heavy atom. The zero-order valence-electron chi connectivity index (χ0n) is 12.0. The molecule has 3 nitrogen and oxygen atoms in total. The maximum Gasteiger partial charge on any atom is 0.240 e. The summed E-state index contributed by atoms with van der Waals surface area (Å²) in [6.45, 7) is 0. The second kappa shape index (κ2) is 6.03. The first-order valence-corrected chi connectivity index (χ1v) is 8.60. The van der Waals surface area contributed by atoms with E-state index in [1.54, 1.807) is 0 Å². The van der Waals surface area contributed by atoms with Gasteiger partial charge in [0.1, 0.15) is 0 Å². The van der Waals surface area contributed by atoms with Crippen LogP contribution in [-0.2, 0) is 9.59 Å². The van der Waals surface area contributed by atoms with Gasteiger partial charge in [0.25, 0.3) is 0 Å². The standard InChI is InChI=1S/C16H16Cl3NO2/c17-10-7-12(19)13(8-11(10)18)20-14(21)9-16(15(20)22)5-3-1-2-4-6-16/h7-8H,1-6,9H2. The van der Waals surface area contributed by atoms with E-state index in [1.165, 1.54) is 17.0 Å². The predicted octanol–water partition coefficient (Wildman–Crippen LogP) is 5.25. The summed E-state index contributed by atoms with van der Waals surface area (Å²) < 4.78 is 0. The van der Waals surface area contributed by atoms with E-state index >= 15 is 0 Å². The van der Waals surface area contributed by atoms with Crippen molar-refractivity contribution in [3.63, 3.8) is 0 Å². The number of rotatable bonds is 1. The summed E-state index contributed by atoms with van der Waals surface area (Å²) in [4.78, 5) is 26.7. The van der Waals surface area contributed by atoms with E-state index < -0.39 is 5.41 Å². The highest BCUT2D eigenvalue weighted by Gasteiger charge is 2.51. The van der Waals surface area contributed by atoms with E-state index in [1.807, 2.05) is 0 Å². The van der Waals surface area contributed by atoms with E-state index in [-0.39, 0.29) is 28.3 Å². The van der Waals surface area contributed by atoms with Gasteiger partial charge in [-0.25, -0.2) is 4.90 Å². The molecule has 1 heterocycles. The van der Waals surface area contributed by atoms with Crippen LogP contribution in [0, 0.1) is 5.41 Å². The van der Waals surface area contributed by atoms with E-state index in [0.29, 0.717) is 10.7 Å². The Balaban J connectivity index is 2.00. The molecule has 0 atom stereocenters. The van der Waals surface area contributed by atoms with E-state index in [4.69, 9.17) is 34.8 Å². The number of hydrogen-bond acceptors (Lipinski definition) is 2. The Kier molecular flexibility index (Phi) is 4.41. The quantitative estimate of drug-likeness (QED) is 0.506. The number of imide groups is 1. The molecule has 0 unspecified atom stereocenters. The summed E-state index contributed by atoms with van der Waals surface area (Å²) in [6.07, 6.45) is 6.03. The maximum atomic E-state index is 13.0. The van der Waals surface area contributed by atoms with Gasteiger partial charge in [-0.05, 0) is 25.0 Å². The molecule has 1 saturated heterocycles. The molecule has 1 aliphatic carbocycles. The fourth-order valence-corrected chi connectivity index (χ4v) is 4.14. The third-order valence-electron chi connectivity index (χ3n) is 4.69. The summed E-state index contributed by atoms with van der Waals surface area (Å²) in [5.41, 5.74) is -0.213. The monoisotopic (exact) mass is 359 g/mol. The Morgan fingerprint density at radius 2 is 1.45 bits per heavy atom. The first-order chi connectivity index (χ1) is 10.4. The third-order valence-corrected chi connectivity index (χ3v) is 5.71. The Morgan fingerprint density at radius 3 is 2.09 bits per heavy atom. The van der Waals surface area contributed by atoms with Gasteiger partial charge < -0.3 is 0 Å². The Bertz CT molecular complexity index is 637. The predicted molar refractivity (Wildman–Crippen MR) is 88.7 cm³/mol. The van der Waals surface area contributed by atoms with Crippen molar-refractivity contribution in [2.75, 3.05) is 4.90 Å². The molecule has 22 heavy (non-hydrogen) atoms. The van der Waals surface area contributed by atoms with Crippen molar-refractivity contribution in [1.82, 2.24) is 0 Å². The minimum atomic E-state index is -0.553. The van der Waals surface area contributed by atoms with E-state index in [0.717, 1.165) is 38.5 Å². The summed E-state index contributed by atoms with van der Waals surface area (Å²) >= 11 is 18.1. The third kappa shape index (κ3) is 2.64. The van der Waals surface area contributed by atoms with Crippen LogP contribution in [0.1, 0.15) is 44.9 Å². The Labute approximate surface area is 144 Å². The second-order valence-electron chi connectivity index (χ2n) is 6.12. The van der Waals surface area contributed by atoms with Crippen LogP contribution in [0.5, 0.6) is 0 Å². The fraction of sp³-hybridized carbons (Fsp3) is 0.500. The van der Waals surface area contributed by atoms with Gasteiger partial charge in [0.2, 0.25) is 11.8 Å². The van der Waals surface area contributed by atoms with Crippen molar-refractivity contribution >= 4 is 52.3 Å². The lowest BCUT2D eigenvalue weighted by Gasteiger charge is -2.25. The molecule has 0 aromatic heterocycles. The molecule has 0 N–H and O–H groups in total. The van der Waals surface area contributed by atoms with Crippen molar-refractivity contribution < 1.29 is 9.59 Å². The summed E-state index contributed by atoms with van der Waals surface area (Å²) in [6, 6.07) is 2.97. The van der Waals surface area contributed by atoms with Crippen LogP contribution in [0.4, 0.5) is 5.69 Å². The smallest absolute Gasteiger partial charge is 0.240 e. The van der Waals surface area contributed by atoms with Gasteiger partial charge in [-0.1, -0.05) is 60.5 Å².